The Hall–Kier alpha value is -2.62. The van der Waals surface area contributed by atoms with Crippen molar-refractivity contribution >= 4 is 39.3 Å². The Labute approximate surface area is 238 Å². The summed E-state index contributed by atoms with van der Waals surface area (Å²) >= 11 is 6.46. The number of carbonyl (C=O) groups excluding carboxylic acids is 2. The summed E-state index contributed by atoms with van der Waals surface area (Å²) in [7, 11) is -1.15. The van der Waals surface area contributed by atoms with Crippen LogP contribution in [0.3, 0.4) is 0 Å². The van der Waals surface area contributed by atoms with E-state index in [1.54, 1.807) is 18.2 Å². The molecule has 8 nitrogen and oxygen atoms in total. The Morgan fingerprint density at radius 3 is 2.33 bits per heavy atom. The van der Waals surface area contributed by atoms with Crippen molar-refractivity contribution in [3.05, 3.63) is 64.2 Å². The Balaban J connectivity index is 2.00. The maximum atomic E-state index is 14.1. The minimum Gasteiger partial charge on any atom is -0.352 e. The number of nitrogens with zero attached hydrogens (tertiary/aromatic N) is 3. The fourth-order valence-electron chi connectivity index (χ4n) is 4.96. The van der Waals surface area contributed by atoms with Crippen LogP contribution >= 0.6 is 11.6 Å². The molecule has 1 aliphatic rings. The summed E-state index contributed by atoms with van der Waals surface area (Å²) < 4.78 is 29.2. The number of halogens is 1. The topological polar surface area (TPSA) is 90.0 Å². The van der Waals surface area contributed by atoms with Crippen molar-refractivity contribution in [3.8, 4) is 0 Å². The third-order valence-electron chi connectivity index (χ3n) is 7.29. The van der Waals surface area contributed by atoms with Crippen LogP contribution in [0.25, 0.3) is 0 Å². The van der Waals surface area contributed by atoms with Crippen LogP contribution < -0.4 is 9.62 Å². The summed E-state index contributed by atoms with van der Waals surface area (Å²) in [5.74, 6) is -0.703. The van der Waals surface area contributed by atoms with Gasteiger partial charge in [0.1, 0.15) is 12.6 Å². The molecule has 214 valence electrons. The largest absolute Gasteiger partial charge is 0.352 e. The van der Waals surface area contributed by atoms with Gasteiger partial charge in [-0.1, -0.05) is 68.1 Å². The van der Waals surface area contributed by atoms with Gasteiger partial charge in [0, 0.05) is 31.7 Å². The van der Waals surface area contributed by atoms with E-state index in [-0.39, 0.29) is 18.5 Å². The van der Waals surface area contributed by atoms with Gasteiger partial charge in [0.2, 0.25) is 11.8 Å². The lowest BCUT2D eigenvalue weighted by atomic mass is 9.95. The first-order valence-electron chi connectivity index (χ1n) is 13.6. The second-order valence-electron chi connectivity index (χ2n) is 10.5. The van der Waals surface area contributed by atoms with Gasteiger partial charge in [-0.05, 0) is 61.9 Å². The number of carbonyl (C=O) groups is 2. The van der Waals surface area contributed by atoms with Crippen LogP contribution in [-0.2, 0) is 26.3 Å². The van der Waals surface area contributed by atoms with Crippen LogP contribution in [-0.4, -0.2) is 62.2 Å². The molecule has 1 fully saturated rings. The number of rotatable bonds is 11. The van der Waals surface area contributed by atoms with Crippen LogP contribution in [0.4, 0.5) is 5.69 Å². The third kappa shape index (κ3) is 7.74. The fraction of sp³-hybridized carbons (Fsp3) is 0.517. The SMILES string of the molecule is CC[C@H](C(=O)NC1CCCCC1)N(Cc1ccccc1Cl)C(=O)CN(c1cc(C)ccc1C)S(=O)(=O)N(C)C. The third-order valence-corrected chi connectivity index (χ3v) is 9.46. The van der Waals surface area contributed by atoms with E-state index in [0.29, 0.717) is 22.7 Å². The van der Waals surface area contributed by atoms with Crippen molar-refractivity contribution in [2.45, 2.75) is 77.9 Å². The minimum absolute atomic E-state index is 0.0811. The van der Waals surface area contributed by atoms with Gasteiger partial charge in [-0.2, -0.15) is 12.7 Å². The summed E-state index contributed by atoms with van der Waals surface area (Å²) in [6.07, 6.45) is 5.51. The van der Waals surface area contributed by atoms with Crippen molar-refractivity contribution in [2.75, 3.05) is 24.9 Å². The molecule has 2 aromatic rings. The zero-order chi connectivity index (χ0) is 28.7. The monoisotopic (exact) mass is 576 g/mol. The molecule has 1 saturated carbocycles. The quantitative estimate of drug-likeness (QED) is 0.415. The second-order valence-corrected chi connectivity index (χ2v) is 12.9. The van der Waals surface area contributed by atoms with E-state index >= 15 is 0 Å². The molecule has 0 unspecified atom stereocenters. The van der Waals surface area contributed by atoms with Crippen molar-refractivity contribution in [2.24, 2.45) is 0 Å². The highest BCUT2D eigenvalue weighted by molar-refractivity contribution is 7.90. The first kappa shape index (κ1) is 30.9. The Morgan fingerprint density at radius 2 is 1.72 bits per heavy atom. The molecule has 39 heavy (non-hydrogen) atoms. The van der Waals surface area contributed by atoms with E-state index in [9.17, 15) is 18.0 Å². The molecule has 2 amide bonds. The molecule has 0 heterocycles. The van der Waals surface area contributed by atoms with Crippen molar-refractivity contribution in [1.29, 1.82) is 0 Å². The molecule has 0 aliphatic heterocycles. The molecule has 0 bridgehead atoms. The highest BCUT2D eigenvalue weighted by Crippen LogP contribution is 2.27. The predicted molar refractivity (Wildman–Crippen MR) is 157 cm³/mol. The summed E-state index contributed by atoms with van der Waals surface area (Å²) in [6, 6.07) is 12.0. The summed E-state index contributed by atoms with van der Waals surface area (Å²) in [5.41, 5.74) is 2.70. The highest BCUT2D eigenvalue weighted by atomic mass is 35.5. The van der Waals surface area contributed by atoms with Crippen molar-refractivity contribution in [1.82, 2.24) is 14.5 Å². The summed E-state index contributed by atoms with van der Waals surface area (Å²) in [5, 5.41) is 3.63. The van der Waals surface area contributed by atoms with Gasteiger partial charge in [0.25, 0.3) is 0 Å². The number of hydrogen-bond donors (Lipinski definition) is 1. The fourth-order valence-corrected chi connectivity index (χ4v) is 6.27. The van der Waals surface area contributed by atoms with Crippen LogP contribution in [0.2, 0.25) is 5.02 Å². The first-order chi connectivity index (χ1) is 18.4. The normalized spacial score (nSPS) is 15.2. The Bertz CT molecular complexity index is 1260. The van der Waals surface area contributed by atoms with E-state index in [4.69, 9.17) is 11.6 Å². The molecule has 2 aromatic carbocycles. The number of amides is 2. The lowest BCUT2D eigenvalue weighted by molar-refractivity contribution is -0.140. The van der Waals surface area contributed by atoms with Gasteiger partial charge in [0.05, 0.1) is 5.69 Å². The van der Waals surface area contributed by atoms with Crippen LogP contribution in [0, 0.1) is 13.8 Å². The molecule has 0 aromatic heterocycles. The molecule has 1 N–H and O–H groups in total. The van der Waals surface area contributed by atoms with Crippen molar-refractivity contribution in [3.63, 3.8) is 0 Å². The molecule has 3 rings (SSSR count). The molecule has 10 heteroatoms. The number of hydrogen-bond acceptors (Lipinski definition) is 4. The molecule has 0 saturated heterocycles. The zero-order valence-corrected chi connectivity index (χ0v) is 25.2. The molecule has 0 spiro atoms. The average molecular weight is 577 g/mol. The number of aryl methyl sites for hydroxylation is 2. The maximum Gasteiger partial charge on any atom is 0.304 e. The van der Waals surface area contributed by atoms with E-state index in [1.807, 2.05) is 45.0 Å². The van der Waals surface area contributed by atoms with E-state index in [2.05, 4.69) is 5.32 Å². The summed E-state index contributed by atoms with van der Waals surface area (Å²) in [4.78, 5) is 29.1. The van der Waals surface area contributed by atoms with E-state index in [0.717, 1.165) is 51.8 Å². The maximum absolute atomic E-state index is 14.1. The first-order valence-corrected chi connectivity index (χ1v) is 15.3. The van der Waals surface area contributed by atoms with Gasteiger partial charge in [0.15, 0.2) is 0 Å². The van der Waals surface area contributed by atoms with Crippen LogP contribution in [0.5, 0.6) is 0 Å². The Morgan fingerprint density at radius 1 is 1.05 bits per heavy atom. The summed E-state index contributed by atoms with van der Waals surface area (Å²) in [6.45, 7) is 5.17. The molecular formula is C29H41ClN4O4S. The second kappa shape index (κ2) is 13.6. The van der Waals surface area contributed by atoms with Gasteiger partial charge >= 0.3 is 10.2 Å². The van der Waals surface area contributed by atoms with Gasteiger partial charge in [-0.3, -0.25) is 9.59 Å². The number of nitrogens with one attached hydrogen (secondary N) is 1. The van der Waals surface area contributed by atoms with Gasteiger partial charge in [-0.15, -0.1) is 0 Å². The highest BCUT2D eigenvalue weighted by Gasteiger charge is 2.35. The van der Waals surface area contributed by atoms with E-state index in [1.165, 1.54) is 19.0 Å². The molecule has 1 atom stereocenters. The number of benzene rings is 2. The number of anilines is 1. The zero-order valence-electron chi connectivity index (χ0n) is 23.6. The minimum atomic E-state index is -4.02. The Kier molecular flexibility index (Phi) is 10.8. The molecule has 1 aliphatic carbocycles. The van der Waals surface area contributed by atoms with E-state index < -0.39 is 28.7 Å². The van der Waals surface area contributed by atoms with Crippen molar-refractivity contribution < 1.29 is 18.0 Å². The average Bonchev–Trinajstić information content (AvgIpc) is 2.90. The molecule has 0 radical (unpaired) electrons. The lowest BCUT2D eigenvalue weighted by Gasteiger charge is -2.35. The molecular weight excluding hydrogens is 536 g/mol. The van der Waals surface area contributed by atoms with Crippen LogP contribution in [0.1, 0.15) is 62.1 Å². The van der Waals surface area contributed by atoms with Crippen LogP contribution in [0.15, 0.2) is 42.5 Å². The van der Waals surface area contributed by atoms with Gasteiger partial charge < -0.3 is 10.2 Å². The predicted octanol–water partition coefficient (Wildman–Crippen LogP) is 4.83. The van der Waals surface area contributed by atoms with Gasteiger partial charge in [-0.25, -0.2) is 4.31 Å². The lowest BCUT2D eigenvalue weighted by Crippen LogP contribution is -2.54. The smallest absolute Gasteiger partial charge is 0.304 e. The standard InChI is InChI=1S/C29H41ClN4O4S/c1-6-26(29(36)31-24-13-8-7-9-14-24)33(19-23-12-10-11-15-25(23)30)28(35)20-34(39(37,38)32(4)5)27-18-21(2)16-17-22(27)3/h10-12,15-18,24,26H,6-9,13-14,19-20H2,1-5H3,(H,31,36)/t26-/m1/s1.